The fourth-order valence-electron chi connectivity index (χ4n) is 0.748. The highest BCUT2D eigenvalue weighted by Crippen LogP contribution is 2.29. The van der Waals surface area contributed by atoms with Crippen molar-refractivity contribution in [2.24, 2.45) is 0 Å². The number of halogens is 6. The minimum absolute atomic E-state index is 0.545. The van der Waals surface area contributed by atoms with Gasteiger partial charge in [0.2, 0.25) is 5.88 Å². The lowest BCUT2D eigenvalue weighted by molar-refractivity contribution is -0.276. The first-order valence-electron chi connectivity index (χ1n) is 3.48. The molecule has 1 rings (SSSR count). The summed E-state index contributed by atoms with van der Waals surface area (Å²) in [4.78, 5) is 2.66. The van der Waals surface area contributed by atoms with Crippen LogP contribution in [0.5, 0.6) is 5.88 Å². The molecule has 0 spiro atoms. The first-order chi connectivity index (χ1) is 6.68. The lowest BCUT2D eigenvalue weighted by atomic mass is 10.3. The van der Waals surface area contributed by atoms with Gasteiger partial charge >= 0.3 is 12.5 Å². The first-order valence-corrected chi connectivity index (χ1v) is 3.48. The van der Waals surface area contributed by atoms with Crippen molar-refractivity contribution < 1.29 is 31.1 Å². The maximum atomic E-state index is 12.0. The number of nitrogens with zero attached hydrogens (tertiary/aromatic N) is 1. The van der Waals surface area contributed by atoms with Gasteiger partial charge in [0.15, 0.2) is 0 Å². The summed E-state index contributed by atoms with van der Waals surface area (Å²) >= 11 is 0. The summed E-state index contributed by atoms with van der Waals surface area (Å²) in [5.41, 5.74) is -1.44. The number of hydrogen-bond donors (Lipinski definition) is 0. The van der Waals surface area contributed by atoms with Crippen LogP contribution in [0.3, 0.4) is 0 Å². The quantitative estimate of drug-likeness (QED) is 0.693. The monoisotopic (exact) mass is 231 g/mol. The zero-order valence-electron chi connectivity index (χ0n) is 6.86. The molecule has 0 aromatic carbocycles. The SMILES string of the molecule is FC(F)(F)Oc1cccc(C(F)(F)F)n1. The van der Waals surface area contributed by atoms with Gasteiger partial charge in [-0.2, -0.15) is 13.2 Å². The molecule has 0 aliphatic heterocycles. The Bertz CT molecular complexity index is 344. The van der Waals surface area contributed by atoms with Crippen LogP contribution in [0.15, 0.2) is 18.2 Å². The molecule has 0 aliphatic rings. The lowest BCUT2D eigenvalue weighted by Gasteiger charge is -2.10. The maximum Gasteiger partial charge on any atom is 0.574 e. The Kier molecular flexibility index (Phi) is 2.78. The third kappa shape index (κ3) is 3.64. The molecule has 0 bridgehead atoms. The zero-order chi connectivity index (χ0) is 11.7. The summed E-state index contributed by atoms with van der Waals surface area (Å²) in [6, 6.07) is 2.00. The number of alkyl halides is 6. The Labute approximate surface area is 79.5 Å². The van der Waals surface area contributed by atoms with Gasteiger partial charge < -0.3 is 4.74 Å². The van der Waals surface area contributed by atoms with Crippen LogP contribution in [0.25, 0.3) is 0 Å². The van der Waals surface area contributed by atoms with Crippen molar-refractivity contribution in [2.75, 3.05) is 0 Å². The van der Waals surface area contributed by atoms with E-state index in [1.807, 2.05) is 0 Å². The summed E-state index contributed by atoms with van der Waals surface area (Å²) in [7, 11) is 0. The van der Waals surface area contributed by atoms with Gasteiger partial charge in [-0.3, -0.25) is 0 Å². The van der Waals surface area contributed by atoms with E-state index in [2.05, 4.69) is 9.72 Å². The van der Waals surface area contributed by atoms with Crippen LogP contribution >= 0.6 is 0 Å². The molecule has 0 amide bonds. The molecular formula is C7H3F6NO. The standard InChI is InChI=1S/C7H3F6NO/c8-6(9,10)4-2-1-3-5(14-4)15-7(11,12)13/h1-3H. The van der Waals surface area contributed by atoms with Gasteiger partial charge in [-0.1, -0.05) is 6.07 Å². The third-order valence-corrected chi connectivity index (χ3v) is 1.23. The van der Waals surface area contributed by atoms with Gasteiger partial charge in [-0.25, -0.2) is 4.98 Å². The van der Waals surface area contributed by atoms with Crippen molar-refractivity contribution >= 4 is 0 Å². The number of ether oxygens (including phenoxy) is 1. The lowest BCUT2D eigenvalue weighted by Crippen LogP contribution is -2.19. The molecule has 0 aliphatic carbocycles. The largest absolute Gasteiger partial charge is 0.574 e. The van der Waals surface area contributed by atoms with Gasteiger partial charge in [0.1, 0.15) is 5.69 Å². The van der Waals surface area contributed by atoms with Crippen molar-refractivity contribution in [2.45, 2.75) is 12.5 Å². The van der Waals surface area contributed by atoms with Gasteiger partial charge in [0.25, 0.3) is 0 Å². The van der Waals surface area contributed by atoms with E-state index in [1.54, 1.807) is 0 Å². The molecule has 15 heavy (non-hydrogen) atoms. The van der Waals surface area contributed by atoms with E-state index in [-0.39, 0.29) is 0 Å². The summed E-state index contributed by atoms with van der Waals surface area (Å²) in [6.45, 7) is 0. The van der Waals surface area contributed by atoms with Crippen molar-refractivity contribution in [1.82, 2.24) is 4.98 Å². The van der Waals surface area contributed by atoms with E-state index in [1.165, 1.54) is 0 Å². The minimum Gasteiger partial charge on any atom is -0.388 e. The predicted molar refractivity (Wildman–Crippen MR) is 35.9 cm³/mol. The molecule has 1 heterocycles. The second-order valence-electron chi connectivity index (χ2n) is 2.41. The van der Waals surface area contributed by atoms with Crippen molar-refractivity contribution in [1.29, 1.82) is 0 Å². The number of hydrogen-bond acceptors (Lipinski definition) is 2. The fraction of sp³-hybridized carbons (Fsp3) is 0.286. The van der Waals surface area contributed by atoms with E-state index in [4.69, 9.17) is 0 Å². The van der Waals surface area contributed by atoms with Crippen LogP contribution in [-0.4, -0.2) is 11.3 Å². The normalized spacial score (nSPS) is 12.7. The molecule has 0 saturated carbocycles. The molecule has 84 valence electrons. The van der Waals surface area contributed by atoms with E-state index in [9.17, 15) is 26.3 Å². The summed E-state index contributed by atoms with van der Waals surface area (Å²) in [5, 5.41) is 0. The topological polar surface area (TPSA) is 22.1 Å². The second-order valence-corrected chi connectivity index (χ2v) is 2.41. The molecular weight excluding hydrogens is 228 g/mol. The predicted octanol–water partition coefficient (Wildman–Crippen LogP) is 3.00. The molecule has 0 radical (unpaired) electrons. The van der Waals surface area contributed by atoms with Gasteiger partial charge in [-0.15, -0.1) is 13.2 Å². The smallest absolute Gasteiger partial charge is 0.388 e. The Balaban J connectivity index is 2.94. The maximum absolute atomic E-state index is 12.0. The van der Waals surface area contributed by atoms with Gasteiger partial charge in [0.05, 0.1) is 0 Å². The van der Waals surface area contributed by atoms with E-state index >= 15 is 0 Å². The van der Waals surface area contributed by atoms with Crippen molar-refractivity contribution in [3.63, 3.8) is 0 Å². The average molecular weight is 231 g/mol. The Morgan fingerprint density at radius 2 is 1.60 bits per heavy atom. The highest BCUT2D eigenvalue weighted by molar-refractivity contribution is 5.17. The molecule has 2 nitrogen and oxygen atoms in total. The fourth-order valence-corrected chi connectivity index (χ4v) is 0.748. The Hall–Kier alpha value is -1.47. The van der Waals surface area contributed by atoms with Crippen LogP contribution < -0.4 is 4.74 Å². The Morgan fingerprint density at radius 1 is 1.00 bits per heavy atom. The summed E-state index contributed by atoms with van der Waals surface area (Å²) < 4.78 is 74.1. The van der Waals surface area contributed by atoms with Crippen LogP contribution in [-0.2, 0) is 6.18 Å². The average Bonchev–Trinajstić information content (AvgIpc) is 1.99. The van der Waals surface area contributed by atoms with E-state index in [0.717, 1.165) is 6.07 Å². The highest BCUT2D eigenvalue weighted by atomic mass is 19.4. The zero-order valence-corrected chi connectivity index (χ0v) is 6.86. The molecule has 0 saturated heterocycles. The number of rotatable bonds is 1. The third-order valence-electron chi connectivity index (χ3n) is 1.23. The van der Waals surface area contributed by atoms with Crippen LogP contribution in [0.4, 0.5) is 26.3 Å². The van der Waals surface area contributed by atoms with Gasteiger partial charge in [-0.05, 0) is 6.07 Å². The molecule has 1 aromatic rings. The second kappa shape index (κ2) is 3.59. The number of aromatic nitrogens is 1. The number of pyridine rings is 1. The van der Waals surface area contributed by atoms with Crippen LogP contribution in [0.2, 0.25) is 0 Å². The molecule has 0 fully saturated rings. The van der Waals surface area contributed by atoms with Crippen LogP contribution in [0.1, 0.15) is 5.69 Å². The minimum atomic E-state index is -5.06. The first kappa shape index (κ1) is 11.6. The van der Waals surface area contributed by atoms with E-state index in [0.29, 0.717) is 12.1 Å². The molecule has 0 unspecified atom stereocenters. The molecule has 1 aromatic heterocycles. The Morgan fingerprint density at radius 3 is 2.07 bits per heavy atom. The molecule has 0 atom stereocenters. The highest BCUT2D eigenvalue weighted by Gasteiger charge is 2.35. The van der Waals surface area contributed by atoms with Crippen LogP contribution in [0, 0.1) is 0 Å². The molecule has 8 heteroatoms. The van der Waals surface area contributed by atoms with Gasteiger partial charge in [0, 0.05) is 6.07 Å². The summed E-state index contributed by atoms with van der Waals surface area (Å²) in [6.07, 6.45) is -9.86. The molecule has 0 N–H and O–H groups in total. The van der Waals surface area contributed by atoms with E-state index < -0.39 is 24.1 Å². The summed E-state index contributed by atoms with van der Waals surface area (Å²) in [5.74, 6) is -1.14. The van der Waals surface area contributed by atoms with Crippen molar-refractivity contribution in [3.05, 3.63) is 23.9 Å². The van der Waals surface area contributed by atoms with Crippen molar-refractivity contribution in [3.8, 4) is 5.88 Å².